The third-order valence-corrected chi connectivity index (χ3v) is 4.15. The highest BCUT2D eigenvalue weighted by Crippen LogP contribution is 2.29. The van der Waals surface area contributed by atoms with E-state index in [1.54, 1.807) is 31.4 Å². The highest BCUT2D eigenvalue weighted by molar-refractivity contribution is 5.96. The molecule has 5 nitrogen and oxygen atoms in total. The smallest absolute Gasteiger partial charge is 0.343 e. The lowest BCUT2D eigenvalue weighted by atomic mass is 10.1. The second-order valence-electron chi connectivity index (χ2n) is 6.32. The number of quaternary nitrogens is 1. The number of methoxy groups -OCH3 is 1. The van der Waals surface area contributed by atoms with Gasteiger partial charge in [0.1, 0.15) is 11.5 Å². The minimum absolute atomic E-state index is 0.392. The van der Waals surface area contributed by atoms with Gasteiger partial charge in [0.25, 0.3) is 0 Å². The average molecular weight is 339 g/mol. The summed E-state index contributed by atoms with van der Waals surface area (Å²) in [4.78, 5) is 17.2. The van der Waals surface area contributed by atoms with Gasteiger partial charge in [-0.15, -0.1) is 0 Å². The van der Waals surface area contributed by atoms with Crippen LogP contribution in [-0.4, -0.2) is 38.7 Å². The van der Waals surface area contributed by atoms with E-state index in [1.807, 2.05) is 24.4 Å². The van der Waals surface area contributed by atoms with Crippen molar-refractivity contribution in [2.75, 3.05) is 27.7 Å². The van der Waals surface area contributed by atoms with Crippen LogP contribution in [0.1, 0.15) is 15.9 Å². The summed E-state index contributed by atoms with van der Waals surface area (Å²) in [6.45, 7) is 1.01. The molecule has 0 unspecified atom stereocenters. The number of H-pyrrole nitrogens is 1. The first-order chi connectivity index (χ1) is 12.1. The maximum Gasteiger partial charge on any atom is 0.343 e. The molecule has 0 aliphatic rings. The Morgan fingerprint density at radius 3 is 2.72 bits per heavy atom. The van der Waals surface area contributed by atoms with E-state index in [4.69, 9.17) is 9.47 Å². The van der Waals surface area contributed by atoms with Gasteiger partial charge in [-0.25, -0.2) is 4.79 Å². The summed E-state index contributed by atoms with van der Waals surface area (Å²) in [6.07, 6.45) is 2.91. The predicted molar refractivity (Wildman–Crippen MR) is 97.6 cm³/mol. The number of hydrogen-bond donors (Lipinski definition) is 2. The number of benzene rings is 2. The number of aromatic amines is 1. The van der Waals surface area contributed by atoms with Crippen molar-refractivity contribution < 1.29 is 19.2 Å². The predicted octanol–water partition coefficient (Wildman–Crippen LogP) is 2.08. The van der Waals surface area contributed by atoms with Crippen molar-refractivity contribution in [2.45, 2.75) is 6.42 Å². The van der Waals surface area contributed by atoms with Crippen LogP contribution in [0.15, 0.2) is 48.7 Å². The van der Waals surface area contributed by atoms with Gasteiger partial charge in [0.2, 0.25) is 0 Å². The molecule has 3 rings (SSSR count). The molecule has 2 N–H and O–H groups in total. The van der Waals surface area contributed by atoms with Gasteiger partial charge in [0.05, 0.1) is 33.3 Å². The van der Waals surface area contributed by atoms with Gasteiger partial charge in [-0.2, -0.15) is 0 Å². The van der Waals surface area contributed by atoms with E-state index in [-0.39, 0.29) is 0 Å². The Morgan fingerprint density at radius 2 is 1.96 bits per heavy atom. The zero-order chi connectivity index (χ0) is 17.8. The quantitative estimate of drug-likeness (QED) is 0.534. The largest absolute Gasteiger partial charge is 0.497 e. The van der Waals surface area contributed by atoms with Crippen molar-refractivity contribution in [2.24, 2.45) is 0 Å². The van der Waals surface area contributed by atoms with E-state index in [9.17, 15) is 4.79 Å². The maximum absolute atomic E-state index is 12.5. The summed E-state index contributed by atoms with van der Waals surface area (Å²) in [5, 5.41) is 0.972. The number of rotatable bonds is 6. The van der Waals surface area contributed by atoms with E-state index in [1.165, 1.54) is 4.90 Å². The van der Waals surface area contributed by atoms with Crippen molar-refractivity contribution in [1.82, 2.24) is 4.98 Å². The second kappa shape index (κ2) is 7.40. The lowest BCUT2D eigenvalue weighted by Crippen LogP contribution is -3.05. The molecule has 0 aliphatic heterocycles. The Bertz CT molecular complexity index is 884. The summed E-state index contributed by atoms with van der Waals surface area (Å²) >= 11 is 0. The number of hydrogen-bond acceptors (Lipinski definition) is 3. The molecule has 25 heavy (non-hydrogen) atoms. The van der Waals surface area contributed by atoms with Crippen molar-refractivity contribution >= 4 is 16.9 Å². The topological polar surface area (TPSA) is 55.8 Å². The summed E-state index contributed by atoms with van der Waals surface area (Å²) < 4.78 is 10.9. The minimum atomic E-state index is -0.392. The third kappa shape index (κ3) is 3.83. The fourth-order valence-electron chi connectivity index (χ4n) is 2.80. The average Bonchev–Trinajstić information content (AvgIpc) is 3.04. The van der Waals surface area contributed by atoms with Gasteiger partial charge in [-0.1, -0.05) is 12.1 Å². The SMILES string of the molecule is COc1cccc(C(=O)Oc2cccc3[nH]cc(CC[NH+](C)C)c23)c1. The van der Waals surface area contributed by atoms with E-state index in [0.717, 1.165) is 29.4 Å². The molecule has 0 radical (unpaired) electrons. The van der Waals surface area contributed by atoms with Crippen LogP contribution in [0.3, 0.4) is 0 Å². The number of aromatic nitrogens is 1. The van der Waals surface area contributed by atoms with Gasteiger partial charge < -0.3 is 19.4 Å². The number of likely N-dealkylation sites (N-methyl/N-ethyl adjacent to an activating group) is 1. The molecule has 1 aromatic heterocycles. The Morgan fingerprint density at radius 1 is 1.16 bits per heavy atom. The van der Waals surface area contributed by atoms with Crippen molar-refractivity contribution in [3.8, 4) is 11.5 Å². The van der Waals surface area contributed by atoms with Gasteiger partial charge >= 0.3 is 5.97 Å². The molecule has 130 valence electrons. The van der Waals surface area contributed by atoms with Gasteiger partial charge in [-0.3, -0.25) is 0 Å². The van der Waals surface area contributed by atoms with Crippen LogP contribution in [0.2, 0.25) is 0 Å². The maximum atomic E-state index is 12.5. The summed E-state index contributed by atoms with van der Waals surface area (Å²) in [5.74, 6) is 0.816. The molecular formula is C20H23N2O3+. The first kappa shape index (κ1) is 17.0. The fourth-order valence-corrected chi connectivity index (χ4v) is 2.80. The Labute approximate surface area is 147 Å². The molecule has 0 aliphatic carbocycles. The number of carbonyl (C=O) groups is 1. The summed E-state index contributed by atoms with van der Waals surface area (Å²) in [6, 6.07) is 12.7. The van der Waals surface area contributed by atoms with E-state index < -0.39 is 5.97 Å². The molecule has 0 saturated heterocycles. The van der Waals surface area contributed by atoms with Crippen LogP contribution in [-0.2, 0) is 6.42 Å². The summed E-state index contributed by atoms with van der Waals surface area (Å²) in [7, 11) is 5.82. The zero-order valence-electron chi connectivity index (χ0n) is 14.8. The molecule has 0 fully saturated rings. The first-order valence-corrected chi connectivity index (χ1v) is 8.32. The molecule has 0 spiro atoms. The molecule has 0 atom stereocenters. The molecule has 0 amide bonds. The van der Waals surface area contributed by atoms with E-state index >= 15 is 0 Å². The highest BCUT2D eigenvalue weighted by atomic mass is 16.5. The Hall–Kier alpha value is -2.79. The fraction of sp³-hybridized carbons (Fsp3) is 0.250. The van der Waals surface area contributed by atoms with Gasteiger partial charge in [0.15, 0.2) is 0 Å². The van der Waals surface area contributed by atoms with Crippen molar-refractivity contribution in [1.29, 1.82) is 0 Å². The molecule has 1 heterocycles. The molecule has 2 aromatic carbocycles. The zero-order valence-corrected chi connectivity index (χ0v) is 14.8. The molecular weight excluding hydrogens is 316 g/mol. The minimum Gasteiger partial charge on any atom is -0.497 e. The van der Waals surface area contributed by atoms with Crippen LogP contribution in [0, 0.1) is 0 Å². The molecule has 3 aromatic rings. The van der Waals surface area contributed by atoms with Crippen LogP contribution in [0.4, 0.5) is 0 Å². The van der Waals surface area contributed by atoms with Gasteiger partial charge in [-0.05, 0) is 35.9 Å². The highest BCUT2D eigenvalue weighted by Gasteiger charge is 2.15. The monoisotopic (exact) mass is 339 g/mol. The second-order valence-corrected chi connectivity index (χ2v) is 6.32. The van der Waals surface area contributed by atoms with Gasteiger partial charge in [0, 0.05) is 23.5 Å². The standard InChI is InChI=1S/C20H22N2O3/c1-22(2)11-10-15-13-21-17-8-5-9-18(19(15)17)25-20(23)14-6-4-7-16(12-14)24-3/h4-9,12-13,21H,10-11H2,1-3H3/p+1. The lowest BCUT2D eigenvalue weighted by Gasteiger charge is -2.09. The van der Waals surface area contributed by atoms with Crippen LogP contribution in [0.25, 0.3) is 10.9 Å². The first-order valence-electron chi connectivity index (χ1n) is 8.32. The number of ether oxygens (including phenoxy) is 2. The Balaban J connectivity index is 1.89. The lowest BCUT2D eigenvalue weighted by molar-refractivity contribution is -0.858. The normalized spacial score (nSPS) is 11.0. The summed E-state index contributed by atoms with van der Waals surface area (Å²) in [5.41, 5.74) is 2.59. The number of fused-ring (bicyclic) bond motifs is 1. The van der Waals surface area contributed by atoms with Crippen LogP contribution >= 0.6 is 0 Å². The molecule has 0 bridgehead atoms. The van der Waals surface area contributed by atoms with Crippen LogP contribution in [0.5, 0.6) is 11.5 Å². The van der Waals surface area contributed by atoms with Crippen LogP contribution < -0.4 is 14.4 Å². The number of esters is 1. The molecule has 5 heteroatoms. The van der Waals surface area contributed by atoms with Crippen molar-refractivity contribution in [3.63, 3.8) is 0 Å². The third-order valence-electron chi connectivity index (χ3n) is 4.15. The number of carbonyl (C=O) groups excluding carboxylic acids is 1. The van der Waals surface area contributed by atoms with E-state index in [0.29, 0.717) is 17.1 Å². The molecule has 0 saturated carbocycles. The van der Waals surface area contributed by atoms with E-state index in [2.05, 4.69) is 19.1 Å². The number of nitrogens with one attached hydrogen (secondary N) is 2. The Kier molecular flexibility index (Phi) is 5.05. The van der Waals surface area contributed by atoms with Crippen molar-refractivity contribution in [3.05, 3.63) is 59.8 Å².